The number of aryl methyl sites for hydroxylation is 3. The van der Waals surface area contributed by atoms with E-state index in [0.29, 0.717) is 6.71 Å². The first-order chi connectivity index (χ1) is 11.2. The number of benzene rings is 2. The molecule has 23 heavy (non-hydrogen) atoms. The average Bonchev–Trinajstić information content (AvgIpc) is 2.62. The zero-order valence-corrected chi connectivity index (χ0v) is 15.4. The summed E-state index contributed by atoms with van der Waals surface area (Å²) in [5.41, 5.74) is 7.71. The van der Waals surface area contributed by atoms with Crippen LogP contribution in [-0.4, -0.2) is 6.71 Å². The van der Waals surface area contributed by atoms with Gasteiger partial charge < -0.3 is 0 Å². The van der Waals surface area contributed by atoms with Crippen LogP contribution < -0.4 is 10.9 Å². The predicted octanol–water partition coefficient (Wildman–Crippen LogP) is 4.78. The summed E-state index contributed by atoms with van der Waals surface area (Å²) < 4.78 is 0. The van der Waals surface area contributed by atoms with Gasteiger partial charge in [0.1, 0.15) is 0 Å². The molecule has 0 unspecified atom stereocenters. The van der Waals surface area contributed by atoms with Gasteiger partial charge in [-0.3, -0.25) is 0 Å². The summed E-state index contributed by atoms with van der Waals surface area (Å²) in [4.78, 5) is 0. The van der Waals surface area contributed by atoms with Crippen molar-refractivity contribution in [1.29, 1.82) is 0 Å². The normalized spacial score (nSPS) is 10.8. The summed E-state index contributed by atoms with van der Waals surface area (Å²) in [6.07, 6.45) is 7.20. The molecule has 0 heterocycles. The van der Waals surface area contributed by atoms with E-state index in [0.717, 1.165) is 19.3 Å². The fourth-order valence-corrected chi connectivity index (χ4v) is 3.66. The van der Waals surface area contributed by atoms with Crippen molar-refractivity contribution in [3.8, 4) is 0 Å². The molecule has 0 N–H and O–H groups in total. The number of hydrogen-bond donors (Lipinski definition) is 0. The van der Waals surface area contributed by atoms with Crippen LogP contribution in [0.15, 0.2) is 42.5 Å². The van der Waals surface area contributed by atoms with Gasteiger partial charge in [0.15, 0.2) is 0 Å². The highest BCUT2D eigenvalue weighted by Gasteiger charge is 2.23. The van der Waals surface area contributed by atoms with Crippen LogP contribution in [0.25, 0.3) is 0 Å². The van der Waals surface area contributed by atoms with Crippen LogP contribution in [0.5, 0.6) is 0 Å². The summed E-state index contributed by atoms with van der Waals surface area (Å²) in [5, 5.41) is 0. The Balaban J connectivity index is 2.57. The van der Waals surface area contributed by atoms with Gasteiger partial charge in [-0.1, -0.05) is 111 Å². The van der Waals surface area contributed by atoms with Gasteiger partial charge in [0.25, 0.3) is 0 Å². The van der Waals surface area contributed by atoms with E-state index in [1.54, 1.807) is 16.6 Å². The first-order valence-electron chi connectivity index (χ1n) is 9.44. The maximum Gasteiger partial charge on any atom is 0.210 e. The Bertz CT molecular complexity index is 576. The topological polar surface area (TPSA) is 0 Å². The Morgan fingerprint density at radius 3 is 1.87 bits per heavy atom. The summed E-state index contributed by atoms with van der Waals surface area (Å²) >= 11 is 0. The van der Waals surface area contributed by atoms with Crippen molar-refractivity contribution < 1.29 is 0 Å². The van der Waals surface area contributed by atoms with Crippen molar-refractivity contribution in [2.45, 2.75) is 66.1 Å². The lowest BCUT2D eigenvalue weighted by Gasteiger charge is -2.23. The summed E-state index contributed by atoms with van der Waals surface area (Å²) in [7, 11) is 0. The zero-order chi connectivity index (χ0) is 16.7. The highest BCUT2D eigenvalue weighted by Crippen LogP contribution is 2.15. The molecule has 0 aromatic heterocycles. The molecule has 0 aliphatic rings. The predicted molar refractivity (Wildman–Crippen MR) is 106 cm³/mol. The van der Waals surface area contributed by atoms with Gasteiger partial charge in [-0.15, -0.1) is 0 Å². The van der Waals surface area contributed by atoms with Crippen LogP contribution >= 0.6 is 0 Å². The van der Waals surface area contributed by atoms with E-state index in [1.807, 2.05) is 0 Å². The molecule has 122 valence electrons. The molecule has 0 saturated carbocycles. The molecule has 0 nitrogen and oxygen atoms in total. The van der Waals surface area contributed by atoms with Gasteiger partial charge in [0, 0.05) is 0 Å². The maximum atomic E-state index is 2.45. The molecule has 0 radical (unpaired) electrons. The Kier molecular flexibility index (Phi) is 6.96. The Hall–Kier alpha value is -1.50. The van der Waals surface area contributed by atoms with Crippen molar-refractivity contribution in [3.05, 3.63) is 59.2 Å². The molecule has 0 aliphatic carbocycles. The van der Waals surface area contributed by atoms with E-state index in [4.69, 9.17) is 0 Å². The molecule has 0 aliphatic heterocycles. The van der Waals surface area contributed by atoms with Crippen molar-refractivity contribution in [2.75, 3.05) is 0 Å². The molecular formula is C22H31B. The van der Waals surface area contributed by atoms with Gasteiger partial charge in [-0.2, -0.15) is 0 Å². The van der Waals surface area contributed by atoms with Crippen LogP contribution in [-0.2, 0) is 19.3 Å². The quantitative estimate of drug-likeness (QED) is 0.616. The van der Waals surface area contributed by atoms with E-state index in [9.17, 15) is 0 Å². The monoisotopic (exact) mass is 306 g/mol. The SMILES string of the molecule is CCCCB(c1ccccc1)c1c(CC)cc(CC)cc1CC. The molecule has 0 bridgehead atoms. The van der Waals surface area contributed by atoms with Crippen molar-refractivity contribution >= 4 is 17.6 Å². The summed E-state index contributed by atoms with van der Waals surface area (Å²) in [6.45, 7) is 9.72. The third-order valence-electron chi connectivity index (χ3n) is 4.98. The van der Waals surface area contributed by atoms with E-state index < -0.39 is 0 Å². The number of hydrogen-bond acceptors (Lipinski definition) is 0. The molecule has 0 saturated heterocycles. The standard InChI is InChI=1S/C22H31B/c1-5-9-15-23(21-13-11-10-12-14-21)22-19(7-3)16-18(6-2)17-20(22)8-4/h10-14,16-17H,5-9,15H2,1-4H3. The van der Waals surface area contributed by atoms with Gasteiger partial charge in [-0.25, -0.2) is 0 Å². The third kappa shape index (κ3) is 4.28. The maximum absolute atomic E-state index is 2.45. The van der Waals surface area contributed by atoms with Gasteiger partial charge in [0.2, 0.25) is 6.71 Å². The third-order valence-corrected chi connectivity index (χ3v) is 4.98. The first kappa shape index (κ1) is 17.9. The minimum absolute atomic E-state index is 0.548. The smallest absolute Gasteiger partial charge is 0.0742 e. The van der Waals surface area contributed by atoms with E-state index in [1.165, 1.54) is 30.2 Å². The Morgan fingerprint density at radius 1 is 0.783 bits per heavy atom. The lowest BCUT2D eigenvalue weighted by atomic mass is 9.36. The zero-order valence-electron chi connectivity index (χ0n) is 15.4. The van der Waals surface area contributed by atoms with Gasteiger partial charge in [0.05, 0.1) is 0 Å². The molecule has 0 spiro atoms. The molecular weight excluding hydrogens is 275 g/mol. The molecule has 2 rings (SSSR count). The highest BCUT2D eigenvalue weighted by molar-refractivity contribution is 6.85. The lowest BCUT2D eigenvalue weighted by Crippen LogP contribution is -2.45. The molecule has 1 heteroatoms. The number of rotatable bonds is 8. The van der Waals surface area contributed by atoms with Crippen molar-refractivity contribution in [3.63, 3.8) is 0 Å². The average molecular weight is 306 g/mol. The summed E-state index contributed by atoms with van der Waals surface area (Å²) in [6, 6.07) is 16.0. The molecule has 0 atom stereocenters. The lowest BCUT2D eigenvalue weighted by molar-refractivity contribution is 0.877. The molecule has 2 aromatic carbocycles. The van der Waals surface area contributed by atoms with Crippen LogP contribution in [0.4, 0.5) is 0 Å². The summed E-state index contributed by atoms with van der Waals surface area (Å²) in [5.74, 6) is 0. The largest absolute Gasteiger partial charge is 0.210 e. The minimum Gasteiger partial charge on any atom is -0.0742 e. The molecule has 0 fully saturated rings. The first-order valence-corrected chi connectivity index (χ1v) is 9.44. The molecule has 2 aromatic rings. The number of unbranched alkanes of at least 4 members (excludes halogenated alkanes) is 1. The van der Waals surface area contributed by atoms with Crippen LogP contribution in [0.3, 0.4) is 0 Å². The van der Waals surface area contributed by atoms with E-state index in [2.05, 4.69) is 70.2 Å². The fourth-order valence-electron chi connectivity index (χ4n) is 3.66. The second-order valence-corrected chi connectivity index (χ2v) is 6.49. The minimum atomic E-state index is 0.548. The van der Waals surface area contributed by atoms with E-state index >= 15 is 0 Å². The fraction of sp³-hybridized carbons (Fsp3) is 0.455. The van der Waals surface area contributed by atoms with Crippen molar-refractivity contribution in [1.82, 2.24) is 0 Å². The van der Waals surface area contributed by atoms with Crippen molar-refractivity contribution in [2.24, 2.45) is 0 Å². The van der Waals surface area contributed by atoms with Gasteiger partial charge in [-0.05, 0) is 24.8 Å². The second-order valence-electron chi connectivity index (χ2n) is 6.49. The Morgan fingerprint density at radius 2 is 1.39 bits per heavy atom. The van der Waals surface area contributed by atoms with E-state index in [-0.39, 0.29) is 0 Å². The van der Waals surface area contributed by atoms with Crippen LogP contribution in [0.2, 0.25) is 6.32 Å². The van der Waals surface area contributed by atoms with Crippen LogP contribution in [0, 0.1) is 0 Å². The second kappa shape index (κ2) is 8.96. The van der Waals surface area contributed by atoms with Gasteiger partial charge >= 0.3 is 0 Å². The highest BCUT2D eigenvalue weighted by atomic mass is 14.1. The van der Waals surface area contributed by atoms with Crippen LogP contribution in [0.1, 0.15) is 57.2 Å². The molecule has 0 amide bonds. The Labute approximate surface area is 143 Å².